The molecule has 0 saturated carbocycles. The van der Waals surface area contributed by atoms with Crippen LogP contribution >= 0.6 is 11.6 Å². The number of ether oxygens (including phenoxy) is 4. The van der Waals surface area contributed by atoms with Gasteiger partial charge in [0.15, 0.2) is 0 Å². The van der Waals surface area contributed by atoms with Gasteiger partial charge in [-0.2, -0.15) is 0 Å². The number of nitrogens with one attached hydrogen (secondary N) is 2. The lowest BCUT2D eigenvalue weighted by Crippen LogP contribution is -2.47. The van der Waals surface area contributed by atoms with E-state index in [1.54, 1.807) is 53.7 Å². The van der Waals surface area contributed by atoms with Crippen molar-refractivity contribution in [3.63, 3.8) is 0 Å². The monoisotopic (exact) mass is 706 g/mol. The highest BCUT2D eigenvalue weighted by Gasteiger charge is 2.27. The molecule has 0 aromatic heterocycles. The summed E-state index contributed by atoms with van der Waals surface area (Å²) in [6, 6.07) is 20.4. The lowest BCUT2D eigenvalue weighted by molar-refractivity contribution is -0.130. The molecule has 0 unspecified atom stereocenters. The summed E-state index contributed by atoms with van der Waals surface area (Å²) in [4.78, 5) is 56.6. The normalized spacial score (nSPS) is 14.3. The van der Waals surface area contributed by atoms with Crippen molar-refractivity contribution >= 4 is 47.3 Å². The van der Waals surface area contributed by atoms with Crippen LogP contribution in [0.3, 0.4) is 0 Å². The van der Waals surface area contributed by atoms with Crippen LogP contribution in [0.2, 0.25) is 5.02 Å². The van der Waals surface area contributed by atoms with E-state index in [1.807, 2.05) is 35.2 Å². The fourth-order valence-corrected chi connectivity index (χ4v) is 5.06. The van der Waals surface area contributed by atoms with E-state index in [1.165, 1.54) is 30.3 Å². The maximum Gasteiger partial charge on any atom is 0.414 e. The number of halogens is 1. The number of likely N-dealkylation sites (tertiary alicyclic amines) is 1. The standard InChI is InChI=1S/C37H43ClN4O8/c1-36(2,3)49-34(45)40-33(41-35(46)50-37(4,5)6)39-26-16-12-25(13-17-26)32(44)48-28-18-14-24(30(38)22-28)15-19-31(43)42-21-20-29(23-42)47-27-10-8-7-9-11-27/h7-14,16-18,22,29H,15,19-21,23H2,1-6H3,(H2,39,40,41,45,46)/t29-/m0/s1. The molecule has 1 aliphatic rings. The summed E-state index contributed by atoms with van der Waals surface area (Å²) in [5, 5.41) is 5.19. The number of carbonyl (C=O) groups excluding carboxylic acids is 4. The fraction of sp³-hybridized carbons (Fsp3) is 0.378. The molecule has 50 heavy (non-hydrogen) atoms. The van der Waals surface area contributed by atoms with Crippen LogP contribution in [-0.2, 0) is 20.7 Å². The van der Waals surface area contributed by atoms with E-state index in [4.69, 9.17) is 30.5 Å². The number of rotatable bonds is 8. The van der Waals surface area contributed by atoms with Gasteiger partial charge in [0.25, 0.3) is 0 Å². The Morgan fingerprint density at radius 1 is 0.840 bits per heavy atom. The highest BCUT2D eigenvalue weighted by molar-refractivity contribution is 6.31. The van der Waals surface area contributed by atoms with E-state index in [0.717, 1.165) is 17.7 Å². The van der Waals surface area contributed by atoms with Crippen LogP contribution in [0.25, 0.3) is 0 Å². The number of nitrogens with zero attached hydrogens (tertiary/aromatic N) is 2. The number of aryl methyl sites for hydroxylation is 1. The van der Waals surface area contributed by atoms with E-state index in [-0.39, 0.29) is 35.7 Å². The van der Waals surface area contributed by atoms with E-state index < -0.39 is 29.4 Å². The lowest BCUT2D eigenvalue weighted by atomic mass is 10.1. The number of hydrogen-bond donors (Lipinski definition) is 2. The minimum Gasteiger partial charge on any atom is -0.489 e. The first-order chi connectivity index (χ1) is 23.5. The molecule has 1 aliphatic heterocycles. The third-order valence-corrected chi connectivity index (χ3v) is 7.32. The molecule has 2 N–H and O–H groups in total. The Labute approximate surface area is 297 Å². The van der Waals surface area contributed by atoms with Crippen LogP contribution in [0.5, 0.6) is 11.5 Å². The number of alkyl carbamates (subject to hydrolysis) is 2. The summed E-state index contributed by atoms with van der Waals surface area (Å²) in [6.07, 6.45) is -0.218. The molecule has 0 bridgehead atoms. The van der Waals surface area contributed by atoms with E-state index in [0.29, 0.717) is 30.2 Å². The van der Waals surface area contributed by atoms with Gasteiger partial charge in [0, 0.05) is 24.4 Å². The number of para-hydroxylation sites is 1. The van der Waals surface area contributed by atoms with Crippen molar-refractivity contribution in [2.45, 2.75) is 78.1 Å². The number of aliphatic imine (C=N–C) groups is 1. The van der Waals surface area contributed by atoms with Crippen LogP contribution in [0.4, 0.5) is 15.3 Å². The smallest absolute Gasteiger partial charge is 0.414 e. The van der Waals surface area contributed by atoms with Gasteiger partial charge >= 0.3 is 18.2 Å². The molecule has 3 amide bonds. The third-order valence-electron chi connectivity index (χ3n) is 6.97. The third kappa shape index (κ3) is 12.4. The first-order valence-electron chi connectivity index (χ1n) is 16.2. The first kappa shape index (κ1) is 37.7. The predicted molar refractivity (Wildman–Crippen MR) is 189 cm³/mol. The second-order valence-electron chi connectivity index (χ2n) is 13.6. The number of guanidine groups is 1. The van der Waals surface area contributed by atoms with Crippen molar-refractivity contribution in [2.75, 3.05) is 13.1 Å². The summed E-state index contributed by atoms with van der Waals surface area (Å²) in [7, 11) is 0. The molecule has 0 radical (unpaired) electrons. The van der Waals surface area contributed by atoms with Crippen LogP contribution in [0.15, 0.2) is 77.8 Å². The Hall–Kier alpha value is -5.10. The molecule has 0 spiro atoms. The van der Waals surface area contributed by atoms with Crippen molar-refractivity contribution in [1.29, 1.82) is 0 Å². The molecule has 1 saturated heterocycles. The minimum atomic E-state index is -0.835. The topological polar surface area (TPSA) is 145 Å². The van der Waals surface area contributed by atoms with Crippen molar-refractivity contribution in [3.05, 3.63) is 88.9 Å². The Morgan fingerprint density at radius 2 is 1.46 bits per heavy atom. The molecule has 3 aromatic carbocycles. The van der Waals surface area contributed by atoms with Gasteiger partial charge in [-0.05, 0) is 102 Å². The van der Waals surface area contributed by atoms with E-state index >= 15 is 0 Å². The van der Waals surface area contributed by atoms with Crippen LogP contribution in [0, 0.1) is 0 Å². The summed E-state index contributed by atoms with van der Waals surface area (Å²) in [5.41, 5.74) is -0.294. The van der Waals surface area contributed by atoms with Gasteiger partial charge in [-0.3, -0.25) is 15.4 Å². The molecule has 3 aromatic rings. The van der Waals surface area contributed by atoms with Gasteiger partial charge in [0.1, 0.15) is 28.8 Å². The maximum absolute atomic E-state index is 12.9. The number of esters is 1. The zero-order chi connectivity index (χ0) is 36.5. The van der Waals surface area contributed by atoms with Gasteiger partial charge in [0.05, 0.1) is 17.8 Å². The largest absolute Gasteiger partial charge is 0.489 e. The zero-order valence-electron chi connectivity index (χ0n) is 29.1. The molecule has 266 valence electrons. The average molecular weight is 707 g/mol. The van der Waals surface area contributed by atoms with Gasteiger partial charge < -0.3 is 23.8 Å². The van der Waals surface area contributed by atoms with E-state index in [9.17, 15) is 19.2 Å². The second kappa shape index (κ2) is 16.5. The van der Waals surface area contributed by atoms with Gasteiger partial charge in [0.2, 0.25) is 11.9 Å². The Bertz CT molecular complexity index is 1670. The summed E-state index contributed by atoms with van der Waals surface area (Å²) < 4.78 is 22.0. The molecular weight excluding hydrogens is 664 g/mol. The molecule has 0 aliphatic carbocycles. The maximum atomic E-state index is 12.9. The predicted octanol–water partition coefficient (Wildman–Crippen LogP) is 7.21. The second-order valence-corrected chi connectivity index (χ2v) is 14.0. The molecule has 1 atom stereocenters. The number of hydrogen-bond acceptors (Lipinski definition) is 9. The van der Waals surface area contributed by atoms with Crippen molar-refractivity contribution in [1.82, 2.24) is 15.5 Å². The van der Waals surface area contributed by atoms with Crippen LogP contribution < -0.4 is 20.1 Å². The Morgan fingerprint density at radius 3 is 2.04 bits per heavy atom. The highest BCUT2D eigenvalue weighted by Crippen LogP contribution is 2.26. The van der Waals surface area contributed by atoms with Crippen LogP contribution in [0.1, 0.15) is 70.3 Å². The van der Waals surface area contributed by atoms with Gasteiger partial charge in [-0.1, -0.05) is 35.9 Å². The van der Waals surface area contributed by atoms with Crippen molar-refractivity contribution in [2.24, 2.45) is 4.99 Å². The summed E-state index contributed by atoms with van der Waals surface area (Å²) >= 11 is 6.50. The zero-order valence-corrected chi connectivity index (χ0v) is 29.8. The van der Waals surface area contributed by atoms with E-state index in [2.05, 4.69) is 15.6 Å². The molecule has 1 fully saturated rings. The van der Waals surface area contributed by atoms with Crippen molar-refractivity contribution < 1.29 is 38.1 Å². The first-order valence-corrected chi connectivity index (χ1v) is 16.6. The number of amides is 3. The Kier molecular flexibility index (Phi) is 12.5. The molecule has 1 heterocycles. The minimum absolute atomic E-state index is 0.0249. The average Bonchev–Trinajstić information content (AvgIpc) is 3.48. The highest BCUT2D eigenvalue weighted by atomic mass is 35.5. The van der Waals surface area contributed by atoms with Gasteiger partial charge in [-0.15, -0.1) is 0 Å². The SMILES string of the molecule is CC(C)(C)OC(=O)NC(=Nc1ccc(C(=O)Oc2ccc(CCC(=O)N3CC[C@H](Oc4ccccc4)C3)c(Cl)c2)cc1)NC(=O)OC(C)(C)C. The van der Waals surface area contributed by atoms with Crippen LogP contribution in [-0.4, -0.2) is 65.3 Å². The van der Waals surface area contributed by atoms with Gasteiger partial charge in [-0.25, -0.2) is 19.4 Å². The van der Waals surface area contributed by atoms with Crippen molar-refractivity contribution in [3.8, 4) is 11.5 Å². The summed E-state index contributed by atoms with van der Waals surface area (Å²) in [5.74, 6) is 0.181. The molecular formula is C37H43ClN4O8. The quantitative estimate of drug-likeness (QED) is 0.108. The molecule has 13 heteroatoms. The molecule has 4 rings (SSSR count). The fourth-order valence-electron chi connectivity index (χ4n) is 4.79. The number of carbonyl (C=O) groups is 4. The number of benzene rings is 3. The molecule has 12 nitrogen and oxygen atoms in total. The summed E-state index contributed by atoms with van der Waals surface area (Å²) in [6.45, 7) is 11.4. The Balaban J connectivity index is 1.32. The lowest BCUT2D eigenvalue weighted by Gasteiger charge is -2.22.